The first-order chi connectivity index (χ1) is 8.42. The maximum atomic E-state index is 4.41. The van der Waals surface area contributed by atoms with E-state index < -0.39 is 0 Å². The molecule has 3 nitrogen and oxygen atoms in total. The summed E-state index contributed by atoms with van der Waals surface area (Å²) in [5.74, 6) is 0. The first kappa shape index (κ1) is 12.2. The third-order valence-electron chi connectivity index (χ3n) is 3.36. The summed E-state index contributed by atoms with van der Waals surface area (Å²) in [4.78, 5) is 8.57. The van der Waals surface area contributed by atoms with Crippen LogP contribution in [0.4, 0.5) is 0 Å². The molecule has 17 heavy (non-hydrogen) atoms. The molecule has 1 unspecified atom stereocenters. The zero-order valence-corrected chi connectivity index (χ0v) is 10.5. The molecule has 1 heterocycles. The second kappa shape index (κ2) is 6.50. The summed E-state index contributed by atoms with van der Waals surface area (Å²) in [6.07, 6.45) is 15.5. The van der Waals surface area contributed by atoms with Crippen LogP contribution in [0.25, 0.3) is 0 Å². The molecule has 0 amide bonds. The summed E-state index contributed by atoms with van der Waals surface area (Å²) in [5, 5.41) is 3.37. The van der Waals surface area contributed by atoms with Crippen LogP contribution in [0.2, 0.25) is 0 Å². The molecule has 0 aliphatic heterocycles. The molecule has 1 aromatic heterocycles. The Bertz CT molecular complexity index is 359. The summed E-state index contributed by atoms with van der Waals surface area (Å²) in [5.41, 5.74) is 2.51. The fourth-order valence-corrected chi connectivity index (χ4v) is 2.46. The van der Waals surface area contributed by atoms with E-state index in [1.54, 1.807) is 12.4 Å². The van der Waals surface area contributed by atoms with Crippen LogP contribution in [-0.4, -0.2) is 17.0 Å². The molecule has 1 atom stereocenters. The number of rotatable bonds is 3. The maximum absolute atomic E-state index is 4.41. The van der Waals surface area contributed by atoms with Gasteiger partial charge in [0.1, 0.15) is 0 Å². The number of allylic oxidation sites excluding steroid dienone is 1. The quantitative estimate of drug-likeness (QED) is 0.813. The molecule has 0 spiro atoms. The van der Waals surface area contributed by atoms with E-state index in [1.807, 2.05) is 13.2 Å². The molecule has 1 aliphatic carbocycles. The Balaban J connectivity index is 2.16. The highest BCUT2D eigenvalue weighted by molar-refractivity contribution is 5.20. The highest BCUT2D eigenvalue weighted by Crippen LogP contribution is 2.26. The third kappa shape index (κ3) is 3.37. The smallest absolute Gasteiger partial charge is 0.0798 e. The van der Waals surface area contributed by atoms with Gasteiger partial charge >= 0.3 is 0 Å². The lowest BCUT2D eigenvalue weighted by atomic mass is 9.93. The molecule has 2 rings (SSSR count). The van der Waals surface area contributed by atoms with Gasteiger partial charge in [0.2, 0.25) is 0 Å². The Kier molecular flexibility index (Phi) is 4.68. The molecule has 1 N–H and O–H groups in total. The van der Waals surface area contributed by atoms with Gasteiger partial charge in [-0.3, -0.25) is 9.97 Å². The third-order valence-corrected chi connectivity index (χ3v) is 3.36. The van der Waals surface area contributed by atoms with Crippen molar-refractivity contribution in [2.24, 2.45) is 0 Å². The normalized spacial score (nSPS) is 22.1. The zero-order chi connectivity index (χ0) is 11.9. The van der Waals surface area contributed by atoms with Crippen LogP contribution in [0.1, 0.15) is 50.3 Å². The van der Waals surface area contributed by atoms with Crippen molar-refractivity contribution in [3.63, 3.8) is 0 Å². The Hall–Kier alpha value is -1.22. The van der Waals surface area contributed by atoms with Gasteiger partial charge in [0.15, 0.2) is 0 Å². The summed E-state index contributed by atoms with van der Waals surface area (Å²) in [7, 11) is 2.00. The molecule has 0 saturated carbocycles. The van der Waals surface area contributed by atoms with E-state index in [0.29, 0.717) is 0 Å². The molecule has 92 valence electrons. The minimum absolute atomic E-state index is 0.238. The maximum Gasteiger partial charge on any atom is 0.0798 e. The summed E-state index contributed by atoms with van der Waals surface area (Å²) in [6, 6.07) is 0.238. The lowest BCUT2D eigenvalue weighted by molar-refractivity contribution is 0.566. The van der Waals surface area contributed by atoms with Crippen LogP contribution in [-0.2, 0) is 0 Å². The van der Waals surface area contributed by atoms with Gasteiger partial charge < -0.3 is 5.32 Å². The van der Waals surface area contributed by atoms with E-state index in [-0.39, 0.29) is 6.04 Å². The van der Waals surface area contributed by atoms with Gasteiger partial charge in [-0.15, -0.1) is 0 Å². The van der Waals surface area contributed by atoms with Crippen molar-refractivity contribution in [3.8, 4) is 0 Å². The van der Waals surface area contributed by atoms with Crippen LogP contribution in [0.5, 0.6) is 0 Å². The monoisotopic (exact) mass is 231 g/mol. The fourth-order valence-electron chi connectivity index (χ4n) is 2.46. The predicted molar refractivity (Wildman–Crippen MR) is 69.6 cm³/mol. The zero-order valence-electron chi connectivity index (χ0n) is 10.5. The summed E-state index contributed by atoms with van der Waals surface area (Å²) in [6.45, 7) is 0. The molecule has 1 aliphatic rings. The molecule has 1 aromatic rings. The first-order valence-corrected chi connectivity index (χ1v) is 6.54. The Morgan fingerprint density at radius 3 is 2.82 bits per heavy atom. The number of nitrogens with zero attached hydrogens (tertiary/aromatic N) is 2. The molecule has 0 aromatic carbocycles. The Morgan fingerprint density at radius 2 is 2.06 bits per heavy atom. The van der Waals surface area contributed by atoms with Gasteiger partial charge in [0.05, 0.1) is 17.9 Å². The first-order valence-electron chi connectivity index (χ1n) is 6.54. The van der Waals surface area contributed by atoms with E-state index in [2.05, 4.69) is 21.4 Å². The molecular formula is C14H21N3. The SMILES string of the molecule is CNC(/C1=C/CCCCCC1)c1cnccn1. The van der Waals surface area contributed by atoms with Gasteiger partial charge in [-0.25, -0.2) is 0 Å². The average Bonchev–Trinajstić information content (AvgIpc) is 2.34. The number of hydrogen-bond donors (Lipinski definition) is 1. The minimum atomic E-state index is 0.238. The highest BCUT2D eigenvalue weighted by atomic mass is 14.9. The Labute approximate surface area is 103 Å². The van der Waals surface area contributed by atoms with Crippen LogP contribution in [0.3, 0.4) is 0 Å². The van der Waals surface area contributed by atoms with E-state index >= 15 is 0 Å². The van der Waals surface area contributed by atoms with Crippen LogP contribution in [0.15, 0.2) is 30.2 Å². The average molecular weight is 231 g/mol. The van der Waals surface area contributed by atoms with Gasteiger partial charge in [-0.2, -0.15) is 0 Å². The van der Waals surface area contributed by atoms with E-state index in [9.17, 15) is 0 Å². The fraction of sp³-hybridized carbons (Fsp3) is 0.571. The number of nitrogens with one attached hydrogen (secondary N) is 1. The second-order valence-electron chi connectivity index (χ2n) is 4.58. The van der Waals surface area contributed by atoms with E-state index in [4.69, 9.17) is 0 Å². The number of likely N-dealkylation sites (N-methyl/N-ethyl adjacent to an activating group) is 1. The van der Waals surface area contributed by atoms with Crippen LogP contribution >= 0.6 is 0 Å². The van der Waals surface area contributed by atoms with Crippen molar-refractivity contribution in [3.05, 3.63) is 35.9 Å². The largest absolute Gasteiger partial charge is 0.308 e. The van der Waals surface area contributed by atoms with Crippen molar-refractivity contribution in [2.45, 2.75) is 44.6 Å². The van der Waals surface area contributed by atoms with Gasteiger partial charge in [0, 0.05) is 12.4 Å². The van der Waals surface area contributed by atoms with Crippen molar-refractivity contribution in [2.75, 3.05) is 7.05 Å². The van der Waals surface area contributed by atoms with Gasteiger partial charge in [0.25, 0.3) is 0 Å². The summed E-state index contributed by atoms with van der Waals surface area (Å²) < 4.78 is 0. The lowest BCUT2D eigenvalue weighted by Crippen LogP contribution is -2.20. The standard InChI is InChI=1S/C14H21N3/c1-15-14(13-11-16-9-10-17-13)12-7-5-3-2-4-6-8-12/h7,9-11,14-15H,2-6,8H2,1H3/b12-7+. The van der Waals surface area contributed by atoms with E-state index in [0.717, 1.165) is 5.69 Å². The van der Waals surface area contributed by atoms with Crippen molar-refractivity contribution in [1.29, 1.82) is 0 Å². The number of hydrogen-bond acceptors (Lipinski definition) is 3. The minimum Gasteiger partial charge on any atom is -0.308 e. The number of aromatic nitrogens is 2. The molecule has 0 fully saturated rings. The van der Waals surface area contributed by atoms with Gasteiger partial charge in [-0.1, -0.05) is 24.5 Å². The van der Waals surface area contributed by atoms with Gasteiger partial charge in [-0.05, 0) is 32.7 Å². The van der Waals surface area contributed by atoms with Crippen molar-refractivity contribution < 1.29 is 0 Å². The van der Waals surface area contributed by atoms with Crippen LogP contribution < -0.4 is 5.32 Å². The van der Waals surface area contributed by atoms with E-state index in [1.165, 1.54) is 44.1 Å². The van der Waals surface area contributed by atoms with Crippen molar-refractivity contribution >= 4 is 0 Å². The topological polar surface area (TPSA) is 37.8 Å². The molecule has 0 radical (unpaired) electrons. The highest BCUT2D eigenvalue weighted by Gasteiger charge is 2.16. The molecular weight excluding hydrogens is 210 g/mol. The van der Waals surface area contributed by atoms with Crippen molar-refractivity contribution in [1.82, 2.24) is 15.3 Å². The second-order valence-corrected chi connectivity index (χ2v) is 4.58. The van der Waals surface area contributed by atoms with Crippen LogP contribution in [0, 0.1) is 0 Å². The Morgan fingerprint density at radius 1 is 1.18 bits per heavy atom. The molecule has 0 bridgehead atoms. The summed E-state index contributed by atoms with van der Waals surface area (Å²) >= 11 is 0. The lowest BCUT2D eigenvalue weighted by Gasteiger charge is -2.21. The molecule has 0 saturated heterocycles. The molecule has 3 heteroatoms. The predicted octanol–water partition coefficient (Wildman–Crippen LogP) is 3.02.